The second-order valence-corrected chi connectivity index (χ2v) is 8.62. The Bertz CT molecular complexity index is 1280. The molecule has 0 bridgehead atoms. The number of thiocarbonyl (C=S) groups is 1. The largest absolute Gasteiger partial charge is 0.494 e. The molecule has 0 spiro atoms. The molecule has 0 saturated carbocycles. The van der Waals surface area contributed by atoms with Crippen LogP contribution in [0.5, 0.6) is 5.75 Å². The molecular weight excluding hydrogens is 497 g/mol. The number of aromatic nitrogens is 1. The van der Waals surface area contributed by atoms with Crippen molar-refractivity contribution in [1.29, 1.82) is 0 Å². The number of carbonyl (C=O) groups excluding carboxylic acids is 1. The van der Waals surface area contributed by atoms with Crippen LogP contribution in [0.25, 0.3) is 11.3 Å². The fourth-order valence-corrected chi connectivity index (χ4v) is 4.45. The van der Waals surface area contributed by atoms with Crippen LogP contribution in [0.3, 0.4) is 0 Å². The highest BCUT2D eigenvalue weighted by molar-refractivity contribution is 7.80. The quantitative estimate of drug-likeness (QED) is 0.286. The van der Waals surface area contributed by atoms with Crippen molar-refractivity contribution in [2.24, 2.45) is 0 Å². The molecular formula is C22H20FN5O5S2. The molecule has 35 heavy (non-hydrogen) atoms. The van der Waals surface area contributed by atoms with Crippen molar-refractivity contribution in [2.75, 3.05) is 43.6 Å². The van der Waals surface area contributed by atoms with Crippen molar-refractivity contribution < 1.29 is 23.6 Å². The Hall–Kier alpha value is -3.68. The lowest BCUT2D eigenvalue weighted by molar-refractivity contribution is -0.384. The number of carbonyl (C=O) groups is 1. The van der Waals surface area contributed by atoms with Crippen molar-refractivity contribution in [3.8, 4) is 17.0 Å². The summed E-state index contributed by atoms with van der Waals surface area (Å²) < 4.78 is 24.2. The summed E-state index contributed by atoms with van der Waals surface area (Å²) in [7, 11) is 1.38. The van der Waals surface area contributed by atoms with Gasteiger partial charge in [0.1, 0.15) is 5.69 Å². The van der Waals surface area contributed by atoms with Gasteiger partial charge in [-0.15, -0.1) is 11.3 Å². The minimum absolute atomic E-state index is 0.0308. The molecule has 2 aromatic carbocycles. The third-order valence-electron chi connectivity index (χ3n) is 5.19. The maximum atomic E-state index is 14.0. The molecule has 2 heterocycles. The molecule has 13 heteroatoms. The molecule has 182 valence electrons. The van der Waals surface area contributed by atoms with Gasteiger partial charge in [-0.3, -0.25) is 20.2 Å². The third-order valence-corrected chi connectivity index (χ3v) is 6.15. The maximum Gasteiger partial charge on any atom is 0.293 e. The lowest BCUT2D eigenvalue weighted by Gasteiger charge is -2.28. The number of hydrogen-bond donors (Lipinski definition) is 2. The number of nitrogens with zero attached hydrogens (tertiary/aromatic N) is 3. The molecule has 1 aliphatic heterocycles. The van der Waals surface area contributed by atoms with E-state index < -0.39 is 16.6 Å². The van der Waals surface area contributed by atoms with E-state index in [1.807, 2.05) is 4.90 Å². The summed E-state index contributed by atoms with van der Waals surface area (Å²) in [6.45, 7) is 2.01. The molecule has 0 unspecified atom stereocenters. The highest BCUT2D eigenvalue weighted by atomic mass is 32.1. The Morgan fingerprint density at radius 1 is 1.29 bits per heavy atom. The molecule has 0 atom stereocenters. The van der Waals surface area contributed by atoms with E-state index in [-0.39, 0.29) is 22.1 Å². The topological polar surface area (TPSA) is 119 Å². The minimum atomic E-state index is -0.604. The number of amides is 1. The van der Waals surface area contributed by atoms with E-state index in [0.717, 1.165) is 0 Å². The van der Waals surface area contributed by atoms with E-state index in [0.29, 0.717) is 48.4 Å². The Labute approximate surface area is 208 Å². The van der Waals surface area contributed by atoms with Gasteiger partial charge in [0.2, 0.25) is 0 Å². The van der Waals surface area contributed by atoms with Crippen molar-refractivity contribution in [3.05, 3.63) is 63.3 Å². The minimum Gasteiger partial charge on any atom is -0.494 e. The number of hydrogen-bond acceptors (Lipinski definition) is 9. The average Bonchev–Trinajstić information content (AvgIpc) is 3.32. The first kappa shape index (κ1) is 24.4. The van der Waals surface area contributed by atoms with Crippen LogP contribution in [-0.4, -0.2) is 54.3 Å². The van der Waals surface area contributed by atoms with Crippen LogP contribution in [-0.2, 0) is 4.74 Å². The van der Waals surface area contributed by atoms with Gasteiger partial charge in [0.15, 0.2) is 21.8 Å². The molecule has 0 aliphatic carbocycles. The van der Waals surface area contributed by atoms with Crippen molar-refractivity contribution in [2.45, 2.75) is 0 Å². The summed E-state index contributed by atoms with van der Waals surface area (Å²) in [5, 5.41) is 19.0. The van der Waals surface area contributed by atoms with Crippen LogP contribution < -0.4 is 20.3 Å². The summed E-state index contributed by atoms with van der Waals surface area (Å²) in [5.41, 5.74) is 1.42. The average molecular weight is 518 g/mol. The van der Waals surface area contributed by atoms with Gasteiger partial charge in [-0.1, -0.05) is 0 Å². The number of anilines is 2. The maximum absolute atomic E-state index is 14.0. The molecule has 4 rings (SSSR count). The third kappa shape index (κ3) is 5.70. The summed E-state index contributed by atoms with van der Waals surface area (Å²) in [6, 6.07) is 8.78. The van der Waals surface area contributed by atoms with Crippen molar-refractivity contribution in [3.63, 3.8) is 0 Å². The SMILES string of the molecule is COc1ccc(-c2csc(NC(=S)NC(=O)c3ccc(N4CCOCC4)c([N+](=O)[O-])c3)n2)cc1F. The first-order valence-corrected chi connectivity index (χ1v) is 11.7. The van der Waals surface area contributed by atoms with Gasteiger partial charge in [0.05, 0.1) is 30.9 Å². The van der Waals surface area contributed by atoms with Crippen molar-refractivity contribution >= 4 is 51.1 Å². The Morgan fingerprint density at radius 2 is 2.06 bits per heavy atom. The van der Waals surface area contributed by atoms with Crippen molar-refractivity contribution in [1.82, 2.24) is 10.3 Å². The molecule has 0 radical (unpaired) electrons. The van der Waals surface area contributed by atoms with Crippen LogP contribution in [0, 0.1) is 15.9 Å². The summed E-state index contributed by atoms with van der Waals surface area (Å²) >= 11 is 6.41. The molecule has 1 saturated heterocycles. The molecule has 1 fully saturated rings. The molecule has 1 aliphatic rings. The number of halogens is 1. The normalized spacial score (nSPS) is 13.3. The van der Waals surface area contributed by atoms with E-state index >= 15 is 0 Å². The fraction of sp³-hybridized carbons (Fsp3) is 0.227. The zero-order valence-corrected chi connectivity index (χ0v) is 20.1. The Kier molecular flexibility index (Phi) is 7.48. The second kappa shape index (κ2) is 10.7. The number of rotatable bonds is 6. The van der Waals surface area contributed by atoms with E-state index in [4.69, 9.17) is 21.7 Å². The zero-order chi connectivity index (χ0) is 24.9. The first-order chi connectivity index (χ1) is 16.9. The monoisotopic (exact) mass is 517 g/mol. The highest BCUT2D eigenvalue weighted by Crippen LogP contribution is 2.30. The number of nitro groups is 1. The number of nitro benzene ring substituents is 1. The number of nitrogens with one attached hydrogen (secondary N) is 2. The molecule has 1 aromatic heterocycles. The Morgan fingerprint density at radius 3 is 2.74 bits per heavy atom. The molecule has 2 N–H and O–H groups in total. The number of benzene rings is 2. The number of thiazole rings is 1. The molecule has 10 nitrogen and oxygen atoms in total. The van der Waals surface area contributed by atoms with Crippen LogP contribution in [0.15, 0.2) is 41.8 Å². The summed E-state index contributed by atoms with van der Waals surface area (Å²) in [4.78, 5) is 30.0. The van der Waals surface area contributed by atoms with Crippen LogP contribution in [0.4, 0.5) is 20.9 Å². The summed E-state index contributed by atoms with van der Waals surface area (Å²) in [6.07, 6.45) is 0. The lowest BCUT2D eigenvalue weighted by atomic mass is 10.1. The lowest BCUT2D eigenvalue weighted by Crippen LogP contribution is -2.37. The van der Waals surface area contributed by atoms with Gasteiger partial charge >= 0.3 is 0 Å². The predicted molar refractivity (Wildman–Crippen MR) is 134 cm³/mol. The van der Waals surface area contributed by atoms with E-state index in [2.05, 4.69) is 15.6 Å². The highest BCUT2D eigenvalue weighted by Gasteiger charge is 2.23. The molecule has 3 aromatic rings. The number of ether oxygens (including phenoxy) is 2. The first-order valence-electron chi connectivity index (χ1n) is 10.4. The molecule has 1 amide bonds. The zero-order valence-electron chi connectivity index (χ0n) is 18.4. The Balaban J connectivity index is 1.42. The van der Waals surface area contributed by atoms with Gasteiger partial charge in [0, 0.05) is 35.7 Å². The van der Waals surface area contributed by atoms with Gasteiger partial charge in [-0.2, -0.15) is 0 Å². The van der Waals surface area contributed by atoms with Gasteiger partial charge < -0.3 is 19.7 Å². The van der Waals surface area contributed by atoms with Gasteiger partial charge in [0.25, 0.3) is 11.6 Å². The predicted octanol–water partition coefficient (Wildman–Crippen LogP) is 3.83. The van der Waals surface area contributed by atoms with E-state index in [1.54, 1.807) is 17.5 Å². The number of morpholine rings is 1. The van der Waals surface area contributed by atoms with Crippen LogP contribution >= 0.6 is 23.6 Å². The summed E-state index contributed by atoms with van der Waals surface area (Å²) in [5.74, 6) is -0.985. The number of methoxy groups -OCH3 is 1. The van der Waals surface area contributed by atoms with E-state index in [9.17, 15) is 19.3 Å². The van der Waals surface area contributed by atoms with Gasteiger partial charge in [-0.05, 0) is 42.5 Å². The van der Waals surface area contributed by atoms with Crippen LogP contribution in [0.1, 0.15) is 10.4 Å². The van der Waals surface area contributed by atoms with Crippen LogP contribution in [0.2, 0.25) is 0 Å². The fourth-order valence-electron chi connectivity index (χ4n) is 3.48. The smallest absolute Gasteiger partial charge is 0.293 e. The van der Waals surface area contributed by atoms with Gasteiger partial charge in [-0.25, -0.2) is 9.37 Å². The van der Waals surface area contributed by atoms with E-state index in [1.165, 1.54) is 42.7 Å². The second-order valence-electron chi connectivity index (χ2n) is 7.36. The standard InChI is InChI=1S/C22H20FN5O5S2/c1-32-19-5-3-13(10-15(19)23)16-12-35-22(24-16)26-21(34)25-20(29)14-2-4-17(18(11-14)28(30)31)27-6-8-33-9-7-27/h2-5,10-12H,6-9H2,1H3,(H2,24,25,26,29,34).